The van der Waals surface area contributed by atoms with Crippen molar-refractivity contribution < 1.29 is 14.3 Å². The van der Waals surface area contributed by atoms with E-state index < -0.39 is 22.4 Å². The van der Waals surface area contributed by atoms with Crippen molar-refractivity contribution in [3.05, 3.63) is 0 Å². The molecule has 0 saturated carbocycles. The van der Waals surface area contributed by atoms with Gasteiger partial charge in [-0.1, -0.05) is 0 Å². The van der Waals surface area contributed by atoms with Crippen molar-refractivity contribution in [1.82, 2.24) is 0 Å². The second-order valence-electron chi connectivity index (χ2n) is 2.69. The molecule has 1 aliphatic heterocycles. The molecule has 0 fully saturated rings. The maximum Gasteiger partial charge on any atom is 0.335 e. The average Bonchev–Trinajstić information content (AvgIpc) is 2.61. The lowest BCUT2D eigenvalue weighted by molar-refractivity contribution is -0.145. The van der Waals surface area contributed by atoms with E-state index in [-0.39, 0.29) is 5.88 Å². The Morgan fingerprint density at radius 3 is 2.86 bits per heavy atom. The van der Waals surface area contributed by atoms with E-state index >= 15 is 0 Å². The van der Waals surface area contributed by atoms with Gasteiger partial charge in [-0.15, -0.1) is 34.8 Å². The molecule has 0 aromatic carbocycles. The molecule has 4 nitrogen and oxygen atoms in total. The smallest absolute Gasteiger partial charge is 0.335 e. The van der Waals surface area contributed by atoms with Crippen molar-refractivity contribution in [2.45, 2.75) is 16.5 Å². The second-order valence-corrected chi connectivity index (χ2v) is 4.05. The Morgan fingerprint density at radius 2 is 2.43 bits per heavy atom. The van der Waals surface area contributed by atoms with Gasteiger partial charge in [0.1, 0.15) is 0 Å². The number of hydrogen-bond acceptors (Lipinski definition) is 4. The predicted molar refractivity (Wildman–Crippen MR) is 54.3 cm³/mol. The zero-order valence-electron chi connectivity index (χ0n) is 7.25. The van der Waals surface area contributed by atoms with Crippen LogP contribution < -0.4 is 0 Å². The van der Waals surface area contributed by atoms with Gasteiger partial charge in [0, 0.05) is 0 Å². The number of ether oxygens (including phenoxy) is 2. The number of rotatable bonds is 3. The van der Waals surface area contributed by atoms with Gasteiger partial charge in [0.05, 0.1) is 13.0 Å². The van der Waals surface area contributed by atoms with Gasteiger partial charge in [-0.25, -0.2) is 9.79 Å². The van der Waals surface area contributed by atoms with Crippen LogP contribution in [0.5, 0.6) is 0 Å². The van der Waals surface area contributed by atoms with Crippen LogP contribution in [0.1, 0.15) is 0 Å². The van der Waals surface area contributed by atoms with Gasteiger partial charge in [-0.05, 0) is 0 Å². The molecule has 1 aliphatic rings. The summed E-state index contributed by atoms with van der Waals surface area (Å²) in [5.74, 6) is -0.629. The normalized spacial score (nSPS) is 30.5. The molecule has 0 unspecified atom stereocenters. The van der Waals surface area contributed by atoms with Gasteiger partial charge in [-0.3, -0.25) is 0 Å². The molecule has 1 rings (SSSR count). The number of methoxy groups -OCH3 is 1. The first-order chi connectivity index (χ1) is 6.58. The summed E-state index contributed by atoms with van der Waals surface area (Å²) in [6.45, 7) is 0. The topological polar surface area (TPSA) is 47.9 Å². The van der Waals surface area contributed by atoms with Crippen LogP contribution in [-0.2, 0) is 14.3 Å². The van der Waals surface area contributed by atoms with E-state index in [1.165, 1.54) is 7.11 Å². The summed E-state index contributed by atoms with van der Waals surface area (Å²) >= 11 is 17.1. The Bertz CT molecular complexity index is 259. The standard InChI is InChI=1S/C7H8Cl3NO3/c1-13-5(12)4-7(2-8,6(9)10)14-3-11-4/h3-4,6H,2H2,1H3/t4-,7+/m1/s1. The van der Waals surface area contributed by atoms with Gasteiger partial charge in [-0.2, -0.15) is 0 Å². The van der Waals surface area contributed by atoms with Gasteiger partial charge >= 0.3 is 5.97 Å². The van der Waals surface area contributed by atoms with E-state index in [1.54, 1.807) is 0 Å². The number of carbonyl (C=O) groups excluding carboxylic acids is 1. The highest BCUT2D eigenvalue weighted by Gasteiger charge is 2.53. The third kappa shape index (κ3) is 1.78. The first-order valence-electron chi connectivity index (χ1n) is 3.70. The quantitative estimate of drug-likeness (QED) is 0.569. The molecule has 0 spiro atoms. The highest BCUT2D eigenvalue weighted by Crippen LogP contribution is 2.34. The lowest BCUT2D eigenvalue weighted by Gasteiger charge is -2.30. The Kier molecular flexibility index (Phi) is 3.86. The van der Waals surface area contributed by atoms with Crippen LogP contribution in [0.3, 0.4) is 0 Å². The lowest BCUT2D eigenvalue weighted by atomic mass is 9.99. The highest BCUT2D eigenvalue weighted by molar-refractivity contribution is 6.46. The highest BCUT2D eigenvalue weighted by atomic mass is 35.5. The molecule has 0 aliphatic carbocycles. The summed E-state index contributed by atoms with van der Waals surface area (Å²) in [6.07, 6.45) is 1.11. The number of alkyl halides is 3. The average molecular weight is 261 g/mol. The molecule has 7 heteroatoms. The summed E-state index contributed by atoms with van der Waals surface area (Å²) in [5.41, 5.74) is -1.22. The van der Waals surface area contributed by atoms with Crippen molar-refractivity contribution in [1.29, 1.82) is 0 Å². The largest absolute Gasteiger partial charge is 0.470 e. The number of esters is 1. The minimum Gasteiger partial charge on any atom is -0.470 e. The van der Waals surface area contributed by atoms with Gasteiger partial charge in [0.2, 0.25) is 0 Å². The van der Waals surface area contributed by atoms with E-state index in [4.69, 9.17) is 39.5 Å². The maximum atomic E-state index is 11.3. The second kappa shape index (κ2) is 4.55. The van der Waals surface area contributed by atoms with Gasteiger partial charge in [0.15, 0.2) is 22.9 Å². The lowest BCUT2D eigenvalue weighted by Crippen LogP contribution is -2.51. The zero-order valence-corrected chi connectivity index (χ0v) is 9.51. The Balaban J connectivity index is 2.92. The number of carbonyl (C=O) groups is 1. The summed E-state index contributed by atoms with van der Waals surface area (Å²) in [5, 5.41) is 0. The third-order valence-corrected chi connectivity index (χ3v) is 3.10. The van der Waals surface area contributed by atoms with Crippen LogP contribution in [-0.4, -0.2) is 41.8 Å². The van der Waals surface area contributed by atoms with E-state index in [0.717, 1.165) is 6.40 Å². The molecule has 2 atom stereocenters. The molecule has 0 N–H and O–H groups in total. The van der Waals surface area contributed by atoms with Crippen LogP contribution in [0, 0.1) is 0 Å². The fourth-order valence-electron chi connectivity index (χ4n) is 1.09. The fourth-order valence-corrected chi connectivity index (χ4v) is 2.10. The zero-order chi connectivity index (χ0) is 10.8. The van der Waals surface area contributed by atoms with E-state index in [9.17, 15) is 4.79 Å². The molecular formula is C7H8Cl3NO3. The van der Waals surface area contributed by atoms with Crippen molar-refractivity contribution in [2.24, 2.45) is 4.99 Å². The van der Waals surface area contributed by atoms with Crippen LogP contribution >= 0.6 is 34.8 Å². The molecule has 0 aromatic rings. The monoisotopic (exact) mass is 259 g/mol. The maximum absolute atomic E-state index is 11.3. The first-order valence-corrected chi connectivity index (χ1v) is 5.10. The van der Waals surface area contributed by atoms with Crippen molar-refractivity contribution in [3.8, 4) is 0 Å². The summed E-state index contributed by atoms with van der Waals surface area (Å²) < 4.78 is 9.63. The van der Waals surface area contributed by atoms with E-state index in [0.29, 0.717) is 0 Å². The molecule has 1 heterocycles. The third-order valence-electron chi connectivity index (χ3n) is 1.95. The van der Waals surface area contributed by atoms with Gasteiger partial charge in [0.25, 0.3) is 0 Å². The molecule has 14 heavy (non-hydrogen) atoms. The molecule has 0 amide bonds. The first kappa shape index (κ1) is 11.9. The molecule has 0 aromatic heterocycles. The minimum absolute atomic E-state index is 0.0512. The van der Waals surface area contributed by atoms with Crippen molar-refractivity contribution in [3.63, 3.8) is 0 Å². The predicted octanol–water partition coefficient (Wildman–Crippen LogP) is 1.37. The fraction of sp³-hybridized carbons (Fsp3) is 0.714. The molecule has 0 bridgehead atoms. The van der Waals surface area contributed by atoms with Crippen LogP contribution in [0.4, 0.5) is 0 Å². The van der Waals surface area contributed by atoms with E-state index in [1.807, 2.05) is 0 Å². The number of nitrogens with zero attached hydrogens (tertiary/aromatic N) is 1. The molecule has 80 valence electrons. The Morgan fingerprint density at radius 1 is 1.79 bits per heavy atom. The summed E-state index contributed by atoms with van der Waals surface area (Å²) in [7, 11) is 1.24. The van der Waals surface area contributed by atoms with Crippen molar-refractivity contribution >= 4 is 47.2 Å². The Labute approximate surface area is 96.1 Å². The van der Waals surface area contributed by atoms with E-state index in [2.05, 4.69) is 9.73 Å². The van der Waals surface area contributed by atoms with Crippen LogP contribution in [0.25, 0.3) is 0 Å². The van der Waals surface area contributed by atoms with Gasteiger partial charge < -0.3 is 9.47 Å². The molecular weight excluding hydrogens is 252 g/mol. The minimum atomic E-state index is -1.22. The summed E-state index contributed by atoms with van der Waals surface area (Å²) in [6, 6.07) is -0.912. The van der Waals surface area contributed by atoms with Crippen molar-refractivity contribution in [2.75, 3.05) is 13.0 Å². The number of halogens is 3. The van der Waals surface area contributed by atoms with Crippen LogP contribution in [0.15, 0.2) is 4.99 Å². The number of aliphatic imine (C=N–C) groups is 1. The number of hydrogen-bond donors (Lipinski definition) is 0. The SMILES string of the molecule is COC(=O)[C@H]1N=CO[C@]1(CCl)C(Cl)Cl. The van der Waals surface area contributed by atoms with Crippen LogP contribution in [0.2, 0.25) is 0 Å². The Hall–Kier alpha value is -0.190. The summed E-state index contributed by atoms with van der Waals surface area (Å²) in [4.78, 5) is 14.1. The molecule has 0 saturated heterocycles. The molecule has 0 radical (unpaired) electrons.